The van der Waals surface area contributed by atoms with E-state index in [1.165, 1.54) is 20.8 Å². The van der Waals surface area contributed by atoms with Crippen LogP contribution in [0.3, 0.4) is 0 Å². The van der Waals surface area contributed by atoms with Crippen LogP contribution in [0.1, 0.15) is 86.5 Å². The molecule has 90 heavy (non-hydrogen) atoms. The normalized spacial score (nSPS) is 53.3. The third-order valence-electron chi connectivity index (χ3n) is 21.0. The van der Waals surface area contributed by atoms with Gasteiger partial charge >= 0.3 is 29.6 Å². The summed E-state index contributed by atoms with van der Waals surface area (Å²) in [6.07, 6.45) is -48.5. The van der Waals surface area contributed by atoms with Gasteiger partial charge in [0.2, 0.25) is 10.4 Å². The van der Waals surface area contributed by atoms with Gasteiger partial charge in [0.25, 0.3) is 0 Å². The summed E-state index contributed by atoms with van der Waals surface area (Å²) in [4.78, 5) is 13.1. The number of ether oxygens (including phenoxy) is 12. The second-order valence-electron chi connectivity index (χ2n) is 26.4. The molecule has 10 rings (SSSR count). The number of aliphatic hydroxyl groups is 15. The minimum atomic E-state index is -5.13. The maximum absolute atomic E-state index is 13.1. The predicted molar refractivity (Wildman–Crippen MR) is 287 cm³/mol. The number of carbonyl (C=O) groups excluding carboxylic acids is 1. The smallest absolute Gasteiger partial charge is 0.726 e. The van der Waals surface area contributed by atoms with E-state index >= 15 is 0 Å². The monoisotopic (exact) mass is 1330 g/mol. The third kappa shape index (κ3) is 14.1. The Kier molecular flexibility index (Phi) is 23.6. The van der Waals surface area contributed by atoms with E-state index in [0.29, 0.717) is 25.7 Å². The largest absolute Gasteiger partial charge is 1.00 e. The van der Waals surface area contributed by atoms with Crippen molar-refractivity contribution < 1.29 is 185 Å². The molecule has 6 heterocycles. The standard InChI is InChI=1S/C56H90O32S.Na/c1-18(59)24-7-8-25-23-14-28(27-13-22(88-89(73,74)75)9-11-56(27,6)26(23)10-12-55(24,25)5)80-51-43(71)46(34(62)20(3)78-51)85-53-47(86-49-41(69)38(66)32(60)19(2)77-49)37(65)31(17-76-53)83-54-48(40(68)36(64)30(16-58)82-54)87-52-44(72)45(33(61)21(4)79-52)84-50-42(70)39(67)35(63)29(15-57)81-50;/h10,19-25,27-54,57-58,60-72H,7-9,11-17H2,1-6H3,(H,73,74,75);/q;+1/p-1/t19-,20-,21-,22+,23+,24-,25+,27-,28+,29-,30-,31-,32-,33+,34-,35+,36+,37+,38+,39+,40+,41-,42-,43-,44-,45+,46+,47-,48-,49+,50+,51+,52+,53+,54+,55-,56-;/m1./s1. The Morgan fingerprint density at radius 2 is 1.02 bits per heavy atom. The van der Waals surface area contributed by atoms with Crippen LogP contribution in [0.25, 0.3) is 0 Å². The fraction of sp³-hybridized carbons (Fsp3) is 0.946. The average molecular weight is 1330 g/mol. The number of fused-ring (bicyclic) bond motifs is 5. The van der Waals surface area contributed by atoms with Crippen LogP contribution in [0.15, 0.2) is 11.6 Å². The van der Waals surface area contributed by atoms with E-state index < -0.39 is 232 Å². The number of Topliss-reactive ketones (excluding diaryl/α,β-unsaturated/α-hetero) is 1. The van der Waals surface area contributed by atoms with Crippen molar-refractivity contribution >= 4 is 16.2 Å². The van der Waals surface area contributed by atoms with Crippen LogP contribution in [0.2, 0.25) is 0 Å². The molecule has 6 aliphatic heterocycles. The van der Waals surface area contributed by atoms with Gasteiger partial charge in [-0.2, -0.15) is 0 Å². The Morgan fingerprint density at radius 1 is 0.544 bits per heavy atom. The number of rotatable bonds is 17. The van der Waals surface area contributed by atoms with E-state index in [1.807, 2.05) is 0 Å². The Hall–Kier alpha value is -0.800. The third-order valence-corrected chi connectivity index (χ3v) is 21.5. The molecule has 34 heteroatoms. The summed E-state index contributed by atoms with van der Waals surface area (Å²) in [6, 6.07) is 0. The molecule has 4 aliphatic carbocycles. The van der Waals surface area contributed by atoms with Crippen LogP contribution in [-0.2, 0) is 76.2 Å². The van der Waals surface area contributed by atoms with Crippen LogP contribution in [-0.4, -0.2) is 306 Å². The fourth-order valence-electron chi connectivity index (χ4n) is 15.8. The van der Waals surface area contributed by atoms with Crippen molar-refractivity contribution in [3.8, 4) is 0 Å². The molecule has 0 bridgehead atoms. The summed E-state index contributed by atoms with van der Waals surface area (Å²) in [6.45, 7) is 7.37. The first-order chi connectivity index (χ1) is 41.8. The van der Waals surface area contributed by atoms with Gasteiger partial charge in [0, 0.05) is 5.92 Å². The number of carbonyl (C=O) groups is 1. The van der Waals surface area contributed by atoms with Gasteiger partial charge in [0.15, 0.2) is 37.7 Å². The quantitative estimate of drug-likeness (QED) is 0.0278. The minimum absolute atomic E-state index is 0. The van der Waals surface area contributed by atoms with E-state index in [1.54, 1.807) is 6.92 Å². The summed E-state index contributed by atoms with van der Waals surface area (Å²) in [7, 11) is -5.13. The molecule has 0 spiro atoms. The second-order valence-corrected chi connectivity index (χ2v) is 27.4. The second kappa shape index (κ2) is 29.0. The molecule has 15 N–H and O–H groups in total. The van der Waals surface area contributed by atoms with Crippen LogP contribution < -0.4 is 29.6 Å². The molecule has 6 saturated heterocycles. The maximum Gasteiger partial charge on any atom is 1.00 e. The molecule has 0 aromatic carbocycles. The number of hydrogen-bond donors (Lipinski definition) is 15. The number of allylic oxidation sites excluding steroid dienone is 2. The summed E-state index contributed by atoms with van der Waals surface area (Å²) >= 11 is 0. The fourth-order valence-corrected chi connectivity index (χ4v) is 16.3. The molecule has 3 saturated carbocycles. The van der Waals surface area contributed by atoms with Gasteiger partial charge in [0.1, 0.15) is 128 Å². The molecule has 0 unspecified atom stereocenters. The zero-order chi connectivity index (χ0) is 64.8. The van der Waals surface area contributed by atoms with Crippen LogP contribution >= 0.6 is 0 Å². The van der Waals surface area contributed by atoms with E-state index in [4.69, 9.17) is 61.0 Å². The average Bonchev–Trinajstić information content (AvgIpc) is 1.27. The maximum atomic E-state index is 13.1. The predicted octanol–water partition coefficient (Wildman–Crippen LogP) is -9.36. The van der Waals surface area contributed by atoms with Gasteiger partial charge < -0.3 is 138 Å². The number of aliphatic hydroxyl groups excluding tert-OH is 15. The van der Waals surface area contributed by atoms with Crippen molar-refractivity contribution in [2.75, 3.05) is 19.8 Å². The van der Waals surface area contributed by atoms with Gasteiger partial charge in [-0.1, -0.05) is 25.5 Å². The van der Waals surface area contributed by atoms with Crippen molar-refractivity contribution in [1.29, 1.82) is 0 Å². The summed E-state index contributed by atoms with van der Waals surface area (Å²) < 4.78 is 113. The Labute approximate surface area is 541 Å². The molecule has 0 aromatic heterocycles. The molecule has 0 aromatic rings. The van der Waals surface area contributed by atoms with E-state index in [2.05, 4.69) is 19.9 Å². The summed E-state index contributed by atoms with van der Waals surface area (Å²) in [5.41, 5.74) is 0.119. The topological polar surface area (TPSA) is 498 Å². The van der Waals surface area contributed by atoms with Gasteiger partial charge in [0.05, 0.1) is 50.3 Å². The summed E-state index contributed by atoms with van der Waals surface area (Å²) in [5, 5.41) is 166. The van der Waals surface area contributed by atoms with Crippen LogP contribution in [0.4, 0.5) is 0 Å². The molecular formula is C56H89NaO32S. The van der Waals surface area contributed by atoms with E-state index in [9.17, 15) is 94.4 Å². The molecule has 512 valence electrons. The van der Waals surface area contributed by atoms with E-state index in [-0.39, 0.29) is 71.4 Å². The van der Waals surface area contributed by atoms with Gasteiger partial charge in [-0.3, -0.25) is 8.98 Å². The van der Waals surface area contributed by atoms with Crippen molar-refractivity contribution in [2.45, 2.75) is 277 Å². The molecule has 10 aliphatic rings. The zero-order valence-corrected chi connectivity index (χ0v) is 53.7. The molecule has 0 amide bonds. The SMILES string of the molecule is CC(=O)[C@H]1CC[C@H]2[C@@H]3C[C@H](O[C@@H]4O[C@H](C)[C@@H](O)[C@H](O[C@@H]5OC[C@@H](O[C@@H]6O[C@H](CO)[C@H](O)[C@H](O)[C@H]6O[C@@H]6O[C@H](C)[C@H](O)[C@H](O[C@@H]7O[C@H](CO)[C@H](O)[C@H](O)[C@H]7O)[C@H]6O)[C@H](O)[C@H]5O[C@@H]5O[C@H](C)[C@@H](O)[C@H](O)[C@H]5O)[C@H]4O)[C@H]4C[C@@H](OS(=O)(=O)[O-])CC[C@]4(C)C3=CC[C@]12C.[Na+]. The van der Waals surface area contributed by atoms with Gasteiger partial charge in [-0.05, 0) is 101 Å². The van der Waals surface area contributed by atoms with Crippen molar-refractivity contribution in [1.82, 2.24) is 0 Å². The van der Waals surface area contributed by atoms with Crippen molar-refractivity contribution in [3.63, 3.8) is 0 Å². The first-order valence-electron chi connectivity index (χ1n) is 30.6. The molecular weight excluding hydrogens is 1240 g/mol. The Bertz CT molecular complexity index is 2560. The first kappa shape index (κ1) is 73.4. The molecule has 0 radical (unpaired) electrons. The zero-order valence-electron chi connectivity index (χ0n) is 50.9. The number of hydrogen-bond acceptors (Lipinski definition) is 32. The first-order valence-corrected chi connectivity index (χ1v) is 31.9. The van der Waals surface area contributed by atoms with Gasteiger partial charge in [-0.15, -0.1) is 0 Å². The van der Waals surface area contributed by atoms with Crippen LogP contribution in [0.5, 0.6) is 0 Å². The minimum Gasteiger partial charge on any atom is -0.726 e. The number of ketones is 1. The van der Waals surface area contributed by atoms with Crippen molar-refractivity contribution in [3.05, 3.63) is 11.6 Å². The Balaban J connectivity index is 0.00000960. The molecule has 32 nitrogen and oxygen atoms in total. The van der Waals surface area contributed by atoms with Crippen LogP contribution in [0, 0.1) is 34.5 Å². The molecule has 9 fully saturated rings. The van der Waals surface area contributed by atoms with Gasteiger partial charge in [-0.25, -0.2) is 8.42 Å². The summed E-state index contributed by atoms with van der Waals surface area (Å²) in [5.74, 6) is -0.703. The van der Waals surface area contributed by atoms with E-state index in [0.717, 1.165) is 12.0 Å². The molecule has 37 atom stereocenters. The van der Waals surface area contributed by atoms with Crippen molar-refractivity contribution in [2.24, 2.45) is 34.5 Å². The Morgan fingerprint density at radius 3 is 1.59 bits per heavy atom.